The Morgan fingerprint density at radius 1 is 0.737 bits per heavy atom. The van der Waals surface area contributed by atoms with E-state index in [2.05, 4.69) is 6.92 Å². The van der Waals surface area contributed by atoms with Gasteiger partial charge >= 0.3 is 0 Å². The van der Waals surface area contributed by atoms with Gasteiger partial charge in [-0.15, -0.1) is 0 Å². The lowest BCUT2D eigenvalue weighted by atomic mass is 10.1. The first-order chi connectivity index (χ1) is 9.43. The minimum absolute atomic E-state index is 0.737. The first-order valence-corrected chi connectivity index (χ1v) is 7.69. The Balaban J connectivity index is 1.79. The summed E-state index contributed by atoms with van der Waals surface area (Å²) in [5.41, 5.74) is 0. The Bertz CT molecular complexity index is 285. The third kappa shape index (κ3) is 9.54. The lowest BCUT2D eigenvalue weighted by Crippen LogP contribution is -2.04. The van der Waals surface area contributed by atoms with Gasteiger partial charge in [-0.25, -0.2) is 0 Å². The average molecular weight is 264 g/mol. The Kier molecular flexibility index (Phi) is 10.2. The molecule has 0 spiro atoms. The highest BCUT2D eigenvalue weighted by molar-refractivity contribution is 5.20. The highest BCUT2D eigenvalue weighted by Gasteiger charge is 1.93. The number of benzene rings is 1. The predicted octanol–water partition coefficient (Wildman–Crippen LogP) is 4.83. The van der Waals surface area contributed by atoms with E-state index in [1.54, 1.807) is 0 Å². The summed E-state index contributed by atoms with van der Waals surface area (Å²) in [6, 6.07) is 9.94. The smallest absolute Gasteiger partial charge is 0.119 e. The molecule has 0 atom stereocenters. The fourth-order valence-electron chi connectivity index (χ4n) is 1.95. The second-order valence-electron chi connectivity index (χ2n) is 4.90. The van der Waals surface area contributed by atoms with Gasteiger partial charge in [0.1, 0.15) is 5.75 Å². The summed E-state index contributed by atoms with van der Waals surface area (Å²) in [4.78, 5) is 0. The molecule has 0 unspecified atom stereocenters. The molecule has 1 rings (SSSR count). The maximum atomic E-state index is 5.60. The molecule has 0 fully saturated rings. The van der Waals surface area contributed by atoms with Crippen LogP contribution in [-0.4, -0.2) is 19.8 Å². The Morgan fingerprint density at radius 2 is 1.42 bits per heavy atom. The molecule has 0 aromatic heterocycles. The fourth-order valence-corrected chi connectivity index (χ4v) is 1.95. The van der Waals surface area contributed by atoms with Gasteiger partial charge in [0.05, 0.1) is 6.61 Å². The molecule has 2 heteroatoms. The van der Waals surface area contributed by atoms with Gasteiger partial charge in [0.15, 0.2) is 0 Å². The van der Waals surface area contributed by atoms with Crippen molar-refractivity contribution in [1.82, 2.24) is 0 Å². The highest BCUT2D eigenvalue weighted by Crippen LogP contribution is 2.08. The summed E-state index contributed by atoms with van der Waals surface area (Å²) in [5.74, 6) is 0.943. The summed E-state index contributed by atoms with van der Waals surface area (Å²) in [6.45, 7) is 4.69. The van der Waals surface area contributed by atoms with Gasteiger partial charge in [-0.3, -0.25) is 0 Å². The first-order valence-electron chi connectivity index (χ1n) is 7.69. The van der Waals surface area contributed by atoms with Crippen LogP contribution in [0.15, 0.2) is 30.3 Å². The zero-order valence-electron chi connectivity index (χ0n) is 12.3. The third-order valence-corrected chi connectivity index (χ3v) is 3.09. The number of rotatable bonds is 12. The molecular weight excluding hydrogens is 236 g/mol. The number of unbranched alkanes of at least 4 members (excludes halogenated alkanes) is 5. The van der Waals surface area contributed by atoms with E-state index in [1.165, 1.54) is 38.5 Å². The van der Waals surface area contributed by atoms with Gasteiger partial charge in [0, 0.05) is 19.6 Å². The van der Waals surface area contributed by atoms with Gasteiger partial charge in [-0.05, 0) is 18.6 Å². The van der Waals surface area contributed by atoms with Crippen LogP contribution in [0.4, 0.5) is 0 Å². The number of hydrogen-bond donors (Lipinski definition) is 0. The van der Waals surface area contributed by atoms with Crippen molar-refractivity contribution in [2.45, 2.75) is 51.9 Å². The largest absolute Gasteiger partial charge is 0.494 e. The van der Waals surface area contributed by atoms with E-state index in [-0.39, 0.29) is 0 Å². The lowest BCUT2D eigenvalue weighted by molar-refractivity contribution is 0.115. The van der Waals surface area contributed by atoms with Crippen molar-refractivity contribution in [2.75, 3.05) is 19.8 Å². The molecular formula is C17H28O2. The molecule has 2 nitrogen and oxygen atoms in total. The van der Waals surface area contributed by atoms with Crippen LogP contribution < -0.4 is 4.74 Å². The summed E-state index contributed by atoms with van der Waals surface area (Å²) in [5, 5.41) is 0. The third-order valence-electron chi connectivity index (χ3n) is 3.09. The normalized spacial score (nSPS) is 10.6. The second-order valence-corrected chi connectivity index (χ2v) is 4.90. The second kappa shape index (κ2) is 12.0. The monoisotopic (exact) mass is 264 g/mol. The van der Waals surface area contributed by atoms with Crippen molar-refractivity contribution in [3.8, 4) is 5.75 Å². The van der Waals surface area contributed by atoms with Crippen molar-refractivity contribution >= 4 is 0 Å². The van der Waals surface area contributed by atoms with Crippen LogP contribution in [0.1, 0.15) is 51.9 Å². The van der Waals surface area contributed by atoms with E-state index < -0.39 is 0 Å². The molecule has 1 aromatic rings. The van der Waals surface area contributed by atoms with Crippen molar-refractivity contribution in [3.63, 3.8) is 0 Å². The summed E-state index contributed by atoms with van der Waals surface area (Å²) in [6.07, 6.45) is 8.89. The fraction of sp³-hybridized carbons (Fsp3) is 0.647. The van der Waals surface area contributed by atoms with Gasteiger partial charge < -0.3 is 9.47 Å². The van der Waals surface area contributed by atoms with Crippen LogP contribution in [0, 0.1) is 0 Å². The van der Waals surface area contributed by atoms with Crippen LogP contribution >= 0.6 is 0 Å². The Morgan fingerprint density at radius 3 is 2.21 bits per heavy atom. The lowest BCUT2D eigenvalue weighted by Gasteiger charge is -2.06. The quantitative estimate of drug-likeness (QED) is 0.503. The zero-order chi connectivity index (χ0) is 13.6. The molecule has 0 N–H and O–H groups in total. The Hall–Kier alpha value is -1.02. The Labute approximate surface area is 118 Å². The van der Waals surface area contributed by atoms with Gasteiger partial charge in [0.2, 0.25) is 0 Å². The van der Waals surface area contributed by atoms with E-state index >= 15 is 0 Å². The van der Waals surface area contributed by atoms with E-state index in [0.717, 1.165) is 32.0 Å². The molecule has 0 amide bonds. The molecule has 108 valence electrons. The highest BCUT2D eigenvalue weighted by atomic mass is 16.5. The van der Waals surface area contributed by atoms with Gasteiger partial charge in [-0.2, -0.15) is 0 Å². The van der Waals surface area contributed by atoms with E-state index in [0.29, 0.717) is 0 Å². The minimum atomic E-state index is 0.737. The number of ether oxygens (including phenoxy) is 2. The molecule has 0 bridgehead atoms. The predicted molar refractivity (Wildman–Crippen MR) is 80.7 cm³/mol. The topological polar surface area (TPSA) is 18.5 Å². The molecule has 1 aromatic carbocycles. The van der Waals surface area contributed by atoms with Crippen LogP contribution in [0.25, 0.3) is 0 Å². The minimum Gasteiger partial charge on any atom is -0.494 e. The van der Waals surface area contributed by atoms with E-state index in [4.69, 9.17) is 9.47 Å². The van der Waals surface area contributed by atoms with Gasteiger partial charge in [-0.1, -0.05) is 57.2 Å². The van der Waals surface area contributed by atoms with Crippen LogP contribution in [0.3, 0.4) is 0 Å². The van der Waals surface area contributed by atoms with Crippen LogP contribution in [-0.2, 0) is 4.74 Å². The average Bonchev–Trinajstić information content (AvgIpc) is 2.46. The van der Waals surface area contributed by atoms with Crippen molar-refractivity contribution in [1.29, 1.82) is 0 Å². The first kappa shape index (κ1) is 16.0. The maximum Gasteiger partial charge on any atom is 0.119 e. The SMILES string of the molecule is CCCCCCCCOCCCOc1ccccc1. The molecule has 0 aliphatic carbocycles. The van der Waals surface area contributed by atoms with Crippen LogP contribution in [0.5, 0.6) is 5.75 Å². The molecule has 0 saturated carbocycles. The van der Waals surface area contributed by atoms with Crippen molar-refractivity contribution < 1.29 is 9.47 Å². The number of hydrogen-bond acceptors (Lipinski definition) is 2. The zero-order valence-corrected chi connectivity index (χ0v) is 12.3. The maximum absolute atomic E-state index is 5.60. The van der Waals surface area contributed by atoms with Crippen molar-refractivity contribution in [2.24, 2.45) is 0 Å². The van der Waals surface area contributed by atoms with E-state index in [1.807, 2.05) is 30.3 Å². The van der Waals surface area contributed by atoms with E-state index in [9.17, 15) is 0 Å². The van der Waals surface area contributed by atoms with Gasteiger partial charge in [0.25, 0.3) is 0 Å². The molecule has 0 aliphatic rings. The molecule has 0 heterocycles. The van der Waals surface area contributed by atoms with Crippen LogP contribution in [0.2, 0.25) is 0 Å². The number of para-hydroxylation sites is 1. The standard InChI is InChI=1S/C17H28O2/c1-2-3-4-5-6-10-14-18-15-11-16-19-17-12-8-7-9-13-17/h7-9,12-13H,2-6,10-11,14-16H2,1H3. The summed E-state index contributed by atoms with van der Waals surface area (Å²) >= 11 is 0. The molecule has 0 saturated heterocycles. The summed E-state index contributed by atoms with van der Waals surface area (Å²) in [7, 11) is 0. The molecule has 0 radical (unpaired) electrons. The molecule has 19 heavy (non-hydrogen) atoms. The molecule has 0 aliphatic heterocycles. The van der Waals surface area contributed by atoms with Crippen molar-refractivity contribution in [3.05, 3.63) is 30.3 Å². The summed E-state index contributed by atoms with van der Waals surface area (Å²) < 4.78 is 11.2.